The second kappa shape index (κ2) is 15.8. The van der Waals surface area contributed by atoms with Gasteiger partial charge in [0.1, 0.15) is 17.6 Å². The number of amides is 3. The van der Waals surface area contributed by atoms with Crippen molar-refractivity contribution in [2.24, 2.45) is 0 Å². The molecule has 3 amide bonds. The predicted octanol–water partition coefficient (Wildman–Crippen LogP) is 7.30. The lowest BCUT2D eigenvalue weighted by Crippen LogP contribution is -2.44. The Balaban J connectivity index is 1.30. The maximum absolute atomic E-state index is 12.9. The van der Waals surface area contributed by atoms with Crippen molar-refractivity contribution in [3.63, 3.8) is 0 Å². The van der Waals surface area contributed by atoms with Crippen molar-refractivity contribution in [2.75, 3.05) is 37.4 Å². The summed E-state index contributed by atoms with van der Waals surface area (Å²) in [6.45, 7) is 9.21. The average Bonchev–Trinajstić information content (AvgIpc) is 3.01. The third kappa shape index (κ3) is 9.64. The fraction of sp³-hybridized carbons (Fsp3) is 0.412. The van der Waals surface area contributed by atoms with Crippen LogP contribution in [-0.2, 0) is 0 Å². The van der Waals surface area contributed by atoms with Gasteiger partial charge in [-0.15, -0.1) is 0 Å². The second-order valence-corrected chi connectivity index (χ2v) is 11.0. The van der Waals surface area contributed by atoms with Crippen molar-refractivity contribution in [3.8, 4) is 23.0 Å². The molecule has 1 atom stereocenters. The predicted molar refractivity (Wildman–Crippen MR) is 171 cm³/mol. The van der Waals surface area contributed by atoms with Gasteiger partial charge in [0.25, 0.3) is 5.91 Å². The van der Waals surface area contributed by atoms with Crippen LogP contribution in [0.2, 0.25) is 0 Å². The van der Waals surface area contributed by atoms with E-state index < -0.39 is 0 Å². The highest BCUT2D eigenvalue weighted by atomic mass is 16.5. The third-order valence-electron chi connectivity index (χ3n) is 7.39. The Bertz CT molecular complexity index is 1330. The molecule has 1 heterocycles. The number of anilines is 2. The lowest BCUT2D eigenvalue weighted by atomic mass is 10.1. The number of nitrogens with one attached hydrogen (secondary N) is 3. The number of hydrogen-bond donors (Lipinski definition) is 3. The van der Waals surface area contributed by atoms with Crippen molar-refractivity contribution in [1.29, 1.82) is 0 Å². The number of carbonyl (C=O) groups is 2. The van der Waals surface area contributed by atoms with Crippen LogP contribution in [0, 0.1) is 0 Å². The van der Waals surface area contributed by atoms with Crippen LogP contribution in [0.3, 0.4) is 0 Å². The Morgan fingerprint density at radius 3 is 2.33 bits per heavy atom. The maximum Gasteiger partial charge on any atom is 0.319 e. The molecule has 0 saturated carbocycles. The van der Waals surface area contributed by atoms with Crippen LogP contribution >= 0.6 is 0 Å². The molecule has 1 aliphatic rings. The number of benzene rings is 3. The van der Waals surface area contributed by atoms with Gasteiger partial charge >= 0.3 is 6.03 Å². The van der Waals surface area contributed by atoms with Gasteiger partial charge in [0.2, 0.25) is 0 Å². The summed E-state index contributed by atoms with van der Waals surface area (Å²) in [7, 11) is 1.56. The molecule has 3 aromatic rings. The minimum atomic E-state index is -0.267. The lowest BCUT2D eigenvalue weighted by molar-refractivity contribution is 0.0706. The smallest absolute Gasteiger partial charge is 0.319 e. The maximum atomic E-state index is 12.9. The number of urea groups is 1. The Labute approximate surface area is 254 Å². The molecule has 230 valence electrons. The van der Waals surface area contributed by atoms with E-state index in [1.165, 1.54) is 0 Å². The molecule has 1 saturated heterocycles. The number of ether oxygens (including phenoxy) is 3. The van der Waals surface area contributed by atoms with Gasteiger partial charge < -0.3 is 30.2 Å². The largest absolute Gasteiger partial charge is 0.493 e. The highest BCUT2D eigenvalue weighted by Crippen LogP contribution is 2.34. The summed E-state index contributed by atoms with van der Waals surface area (Å²) in [5, 5.41) is 8.61. The number of nitrogens with zero attached hydrogens (tertiary/aromatic N) is 1. The first kappa shape index (κ1) is 31.7. The van der Waals surface area contributed by atoms with E-state index >= 15 is 0 Å². The highest BCUT2D eigenvalue weighted by Gasteiger charge is 2.23. The van der Waals surface area contributed by atoms with Crippen LogP contribution in [0.1, 0.15) is 63.2 Å². The number of piperidine rings is 1. The number of likely N-dealkylation sites (tertiary alicyclic amines) is 1. The number of rotatable bonds is 13. The van der Waals surface area contributed by atoms with E-state index in [-0.39, 0.29) is 18.0 Å². The molecule has 0 bridgehead atoms. The van der Waals surface area contributed by atoms with E-state index in [2.05, 4.69) is 41.6 Å². The molecule has 0 aliphatic carbocycles. The highest BCUT2D eigenvalue weighted by molar-refractivity contribution is 6.04. The molecule has 0 radical (unpaired) electrons. The van der Waals surface area contributed by atoms with Gasteiger partial charge in [-0.3, -0.25) is 9.69 Å². The molecule has 4 rings (SSSR count). The molecule has 1 fully saturated rings. The zero-order valence-electron chi connectivity index (χ0n) is 25.7. The fourth-order valence-electron chi connectivity index (χ4n) is 4.93. The number of methoxy groups -OCH3 is 1. The van der Waals surface area contributed by atoms with E-state index in [4.69, 9.17) is 14.2 Å². The van der Waals surface area contributed by atoms with E-state index in [0.29, 0.717) is 46.8 Å². The summed E-state index contributed by atoms with van der Waals surface area (Å²) in [6.07, 6.45) is 5.44. The van der Waals surface area contributed by atoms with Gasteiger partial charge in [0, 0.05) is 42.1 Å². The summed E-state index contributed by atoms with van der Waals surface area (Å²) < 4.78 is 17.7. The van der Waals surface area contributed by atoms with Crippen molar-refractivity contribution in [1.82, 2.24) is 10.2 Å². The first-order chi connectivity index (χ1) is 20.8. The van der Waals surface area contributed by atoms with Gasteiger partial charge in [-0.1, -0.05) is 19.8 Å². The molecule has 43 heavy (non-hydrogen) atoms. The van der Waals surface area contributed by atoms with Gasteiger partial charge in [0.05, 0.1) is 7.11 Å². The topological polar surface area (TPSA) is 101 Å². The van der Waals surface area contributed by atoms with E-state index in [9.17, 15) is 9.59 Å². The Hall–Kier alpha value is -4.24. The number of carbonyl (C=O) groups excluding carboxylic acids is 2. The molecular formula is C34H44N4O5. The van der Waals surface area contributed by atoms with Crippen LogP contribution in [0.25, 0.3) is 0 Å². The van der Waals surface area contributed by atoms with Gasteiger partial charge in [-0.05, 0) is 100 Å². The molecular weight excluding hydrogens is 544 g/mol. The van der Waals surface area contributed by atoms with Crippen molar-refractivity contribution < 1.29 is 23.8 Å². The lowest BCUT2D eigenvalue weighted by Gasteiger charge is -2.35. The summed E-state index contributed by atoms with van der Waals surface area (Å²) in [6, 6.07) is 19.8. The second-order valence-electron chi connectivity index (χ2n) is 11.0. The van der Waals surface area contributed by atoms with Crippen LogP contribution in [0.15, 0.2) is 66.7 Å². The monoisotopic (exact) mass is 588 g/mol. The normalized spacial score (nSPS) is 15.0. The summed E-state index contributed by atoms with van der Waals surface area (Å²) >= 11 is 0. The van der Waals surface area contributed by atoms with E-state index in [1.54, 1.807) is 61.7 Å². The van der Waals surface area contributed by atoms with Gasteiger partial charge in [0.15, 0.2) is 11.5 Å². The molecule has 3 aromatic carbocycles. The third-order valence-corrected chi connectivity index (χ3v) is 7.39. The number of hydrogen-bond acceptors (Lipinski definition) is 6. The van der Waals surface area contributed by atoms with Crippen LogP contribution in [0.5, 0.6) is 23.0 Å². The zero-order valence-corrected chi connectivity index (χ0v) is 25.7. The van der Waals surface area contributed by atoms with Gasteiger partial charge in [-0.2, -0.15) is 0 Å². The molecule has 1 aliphatic heterocycles. The molecule has 0 aromatic heterocycles. The van der Waals surface area contributed by atoms with Crippen molar-refractivity contribution in [3.05, 3.63) is 72.3 Å². The molecule has 1 unspecified atom stereocenters. The first-order valence-corrected chi connectivity index (χ1v) is 15.2. The summed E-state index contributed by atoms with van der Waals surface area (Å²) in [4.78, 5) is 27.5. The molecule has 3 N–H and O–H groups in total. The zero-order chi connectivity index (χ0) is 30.6. The summed E-state index contributed by atoms with van der Waals surface area (Å²) in [5.41, 5.74) is 1.76. The molecule has 9 heteroatoms. The van der Waals surface area contributed by atoms with E-state index in [0.717, 1.165) is 50.9 Å². The van der Waals surface area contributed by atoms with Crippen LogP contribution in [-0.4, -0.2) is 55.7 Å². The minimum absolute atomic E-state index is 0.162. The quantitative estimate of drug-likeness (QED) is 0.181. The minimum Gasteiger partial charge on any atom is -0.493 e. The van der Waals surface area contributed by atoms with Crippen molar-refractivity contribution >= 4 is 23.3 Å². The molecule has 9 nitrogen and oxygen atoms in total. The van der Waals surface area contributed by atoms with Gasteiger partial charge in [-0.25, -0.2) is 4.79 Å². The Morgan fingerprint density at radius 2 is 1.63 bits per heavy atom. The Kier molecular flexibility index (Phi) is 11.7. The standard InChI is InChI=1S/C34H44N4O5/c1-5-6-7-20-35-34(40)37-27-14-19-31(41-4)32(22-27)43-29-17-12-26(13-18-29)36-33(39)25-10-15-28(16-11-25)42-30-9-8-21-38(23-30)24(2)3/h10-19,22,24,30H,5-9,20-21,23H2,1-4H3,(H,36,39)(H2,35,37,40). The van der Waals surface area contributed by atoms with E-state index in [1.807, 2.05) is 12.1 Å². The fourth-order valence-corrected chi connectivity index (χ4v) is 4.93. The van der Waals surface area contributed by atoms with Crippen molar-refractivity contribution in [2.45, 2.75) is 65.0 Å². The number of unbranched alkanes of at least 4 members (excludes halogenated alkanes) is 2. The SMILES string of the molecule is CCCCCNC(=O)Nc1ccc(OC)c(Oc2ccc(NC(=O)c3ccc(OC4CCCN(C(C)C)C4)cc3)cc2)c1. The molecule has 0 spiro atoms. The Morgan fingerprint density at radius 1 is 0.907 bits per heavy atom. The average molecular weight is 589 g/mol. The van der Waals surface area contributed by atoms with Crippen LogP contribution < -0.4 is 30.2 Å². The summed E-state index contributed by atoms with van der Waals surface area (Å²) in [5.74, 6) is 2.10. The van der Waals surface area contributed by atoms with Crippen LogP contribution in [0.4, 0.5) is 16.2 Å². The first-order valence-electron chi connectivity index (χ1n) is 15.2.